The van der Waals surface area contributed by atoms with Crippen LogP contribution in [0.3, 0.4) is 0 Å². The Bertz CT molecular complexity index is 718. The number of aryl methyl sites for hydroxylation is 2. The molecule has 0 aliphatic heterocycles. The number of nitrogens with one attached hydrogen (secondary N) is 1. The summed E-state index contributed by atoms with van der Waals surface area (Å²) in [6, 6.07) is 5.91. The van der Waals surface area contributed by atoms with Gasteiger partial charge < -0.3 is 25.1 Å². The molecule has 1 heterocycles. The van der Waals surface area contributed by atoms with Gasteiger partial charge in [0.05, 0.1) is 14.2 Å². The molecule has 0 amide bonds. The standard InChI is InChI=1S/C19H29N5O2.HI/c1-15-21-11-13-24(15)12-5-4-9-22-19(20)23-10-8-16-6-7-17(25-2)18(14-16)26-3;/h6-7,11,13-14H,4-5,8-10,12H2,1-3H3,(H3,20,22,23);1H. The Hall–Kier alpha value is -1.97. The maximum absolute atomic E-state index is 5.92. The molecule has 2 rings (SSSR count). The van der Waals surface area contributed by atoms with E-state index in [1.807, 2.05) is 37.5 Å². The van der Waals surface area contributed by atoms with Gasteiger partial charge in [-0.3, -0.25) is 4.99 Å². The van der Waals surface area contributed by atoms with Crippen molar-refractivity contribution in [3.8, 4) is 11.5 Å². The van der Waals surface area contributed by atoms with Crippen molar-refractivity contribution in [2.45, 2.75) is 32.7 Å². The molecule has 0 fully saturated rings. The number of rotatable bonds is 10. The highest BCUT2D eigenvalue weighted by atomic mass is 127. The number of nitrogens with zero attached hydrogens (tertiary/aromatic N) is 3. The maximum Gasteiger partial charge on any atom is 0.188 e. The predicted molar refractivity (Wildman–Crippen MR) is 119 cm³/mol. The predicted octanol–water partition coefficient (Wildman–Crippen LogP) is 2.75. The van der Waals surface area contributed by atoms with Gasteiger partial charge in [-0.25, -0.2) is 4.98 Å². The Balaban J connectivity index is 0.00000364. The Labute approximate surface area is 178 Å². The number of aliphatic imine (C=N–C) groups is 1. The molecule has 0 atom stereocenters. The van der Waals surface area contributed by atoms with Gasteiger partial charge in [0.15, 0.2) is 17.5 Å². The Morgan fingerprint density at radius 1 is 1.22 bits per heavy atom. The van der Waals surface area contributed by atoms with Gasteiger partial charge in [0.2, 0.25) is 0 Å². The van der Waals surface area contributed by atoms with E-state index in [4.69, 9.17) is 15.2 Å². The molecule has 0 spiro atoms. The van der Waals surface area contributed by atoms with Gasteiger partial charge in [-0.05, 0) is 43.9 Å². The normalized spacial score (nSPS) is 11.0. The molecular formula is C19H30IN5O2. The van der Waals surface area contributed by atoms with Gasteiger partial charge in [-0.2, -0.15) is 0 Å². The van der Waals surface area contributed by atoms with Crippen LogP contribution >= 0.6 is 24.0 Å². The molecule has 1 aromatic carbocycles. The zero-order valence-electron chi connectivity index (χ0n) is 16.3. The molecule has 0 saturated carbocycles. The third-order valence-electron chi connectivity index (χ3n) is 4.18. The van der Waals surface area contributed by atoms with Crippen LogP contribution < -0.4 is 20.5 Å². The van der Waals surface area contributed by atoms with Crippen LogP contribution in [0.2, 0.25) is 0 Å². The van der Waals surface area contributed by atoms with Crippen molar-refractivity contribution in [1.82, 2.24) is 14.9 Å². The molecule has 0 unspecified atom stereocenters. The fourth-order valence-electron chi connectivity index (χ4n) is 2.66. The smallest absolute Gasteiger partial charge is 0.188 e. The second kappa shape index (κ2) is 12.4. The van der Waals surface area contributed by atoms with Gasteiger partial charge >= 0.3 is 0 Å². The summed E-state index contributed by atoms with van der Waals surface area (Å²) < 4.78 is 12.7. The highest BCUT2D eigenvalue weighted by Crippen LogP contribution is 2.27. The van der Waals surface area contributed by atoms with Crippen molar-refractivity contribution in [3.05, 3.63) is 42.0 Å². The summed E-state index contributed by atoms with van der Waals surface area (Å²) in [5, 5.41) is 3.15. The number of guanidine groups is 1. The molecular weight excluding hydrogens is 457 g/mol. The van der Waals surface area contributed by atoms with Gasteiger partial charge in [0.25, 0.3) is 0 Å². The summed E-state index contributed by atoms with van der Waals surface area (Å²) in [6.45, 7) is 4.43. The third-order valence-corrected chi connectivity index (χ3v) is 4.18. The van der Waals surface area contributed by atoms with Crippen LogP contribution in [0.25, 0.3) is 0 Å². The fourth-order valence-corrected chi connectivity index (χ4v) is 2.66. The number of hydrogen-bond acceptors (Lipinski definition) is 4. The van der Waals surface area contributed by atoms with Gasteiger partial charge in [-0.1, -0.05) is 6.07 Å². The van der Waals surface area contributed by atoms with E-state index in [2.05, 4.69) is 19.9 Å². The largest absolute Gasteiger partial charge is 0.493 e. The van der Waals surface area contributed by atoms with Crippen molar-refractivity contribution in [2.24, 2.45) is 10.7 Å². The number of methoxy groups -OCH3 is 2. The van der Waals surface area contributed by atoms with E-state index >= 15 is 0 Å². The minimum atomic E-state index is 0. The molecule has 1 aromatic heterocycles. The van der Waals surface area contributed by atoms with Crippen LogP contribution in [0.1, 0.15) is 24.2 Å². The van der Waals surface area contributed by atoms with Crippen LogP contribution in [0.15, 0.2) is 35.6 Å². The fraction of sp³-hybridized carbons (Fsp3) is 0.474. The number of imidazole rings is 1. The lowest BCUT2D eigenvalue weighted by molar-refractivity contribution is 0.354. The molecule has 3 N–H and O–H groups in total. The third kappa shape index (κ3) is 7.66. The molecule has 0 saturated heterocycles. The van der Waals surface area contributed by atoms with Crippen molar-refractivity contribution >= 4 is 29.9 Å². The van der Waals surface area contributed by atoms with E-state index in [9.17, 15) is 0 Å². The first-order valence-corrected chi connectivity index (χ1v) is 8.86. The molecule has 27 heavy (non-hydrogen) atoms. The first kappa shape index (κ1) is 23.1. The summed E-state index contributed by atoms with van der Waals surface area (Å²) in [7, 11) is 3.27. The van der Waals surface area contributed by atoms with E-state index in [0.29, 0.717) is 5.96 Å². The first-order chi connectivity index (χ1) is 12.6. The first-order valence-electron chi connectivity index (χ1n) is 8.86. The SMILES string of the molecule is COc1ccc(CCNC(N)=NCCCCn2ccnc2C)cc1OC.I. The van der Waals surface area contributed by atoms with E-state index in [1.165, 1.54) is 0 Å². The lowest BCUT2D eigenvalue weighted by Crippen LogP contribution is -2.33. The Morgan fingerprint density at radius 2 is 2.00 bits per heavy atom. The van der Waals surface area contributed by atoms with Crippen LogP contribution in [0, 0.1) is 6.92 Å². The average Bonchev–Trinajstić information content (AvgIpc) is 3.06. The molecule has 7 nitrogen and oxygen atoms in total. The summed E-state index contributed by atoms with van der Waals surface area (Å²) >= 11 is 0. The van der Waals surface area contributed by atoms with Crippen LogP contribution in [-0.4, -0.2) is 42.8 Å². The number of unbranched alkanes of at least 4 members (excludes halogenated alkanes) is 1. The second-order valence-electron chi connectivity index (χ2n) is 6.01. The van der Waals surface area contributed by atoms with Crippen molar-refractivity contribution in [1.29, 1.82) is 0 Å². The zero-order valence-corrected chi connectivity index (χ0v) is 18.6. The monoisotopic (exact) mass is 487 g/mol. The second-order valence-corrected chi connectivity index (χ2v) is 6.01. The van der Waals surface area contributed by atoms with Crippen LogP contribution in [-0.2, 0) is 13.0 Å². The maximum atomic E-state index is 5.92. The quantitative estimate of drug-likeness (QED) is 0.233. The van der Waals surface area contributed by atoms with E-state index in [1.54, 1.807) is 14.2 Å². The van der Waals surface area contributed by atoms with Gasteiger partial charge in [-0.15, -0.1) is 24.0 Å². The Kier molecular flexibility index (Phi) is 10.6. The molecule has 0 aliphatic carbocycles. The van der Waals surface area contributed by atoms with Crippen LogP contribution in [0.5, 0.6) is 11.5 Å². The van der Waals surface area contributed by atoms with E-state index in [0.717, 1.165) is 61.8 Å². The Morgan fingerprint density at radius 3 is 2.67 bits per heavy atom. The van der Waals surface area contributed by atoms with E-state index in [-0.39, 0.29) is 24.0 Å². The number of benzene rings is 1. The summed E-state index contributed by atoms with van der Waals surface area (Å²) in [4.78, 5) is 8.58. The number of aromatic nitrogens is 2. The van der Waals surface area contributed by atoms with Crippen molar-refractivity contribution in [3.63, 3.8) is 0 Å². The highest BCUT2D eigenvalue weighted by molar-refractivity contribution is 14.0. The zero-order chi connectivity index (χ0) is 18.8. The molecule has 8 heteroatoms. The van der Waals surface area contributed by atoms with E-state index < -0.39 is 0 Å². The lowest BCUT2D eigenvalue weighted by Gasteiger charge is -2.10. The number of hydrogen-bond donors (Lipinski definition) is 2. The molecule has 0 radical (unpaired) electrons. The molecule has 150 valence electrons. The topological polar surface area (TPSA) is 86.7 Å². The van der Waals surface area contributed by atoms with Crippen molar-refractivity contribution in [2.75, 3.05) is 27.3 Å². The molecule has 2 aromatic rings. The van der Waals surface area contributed by atoms with Gasteiger partial charge in [0, 0.05) is 32.0 Å². The van der Waals surface area contributed by atoms with Crippen molar-refractivity contribution < 1.29 is 9.47 Å². The number of ether oxygens (including phenoxy) is 2. The molecule has 0 aliphatic rings. The van der Waals surface area contributed by atoms with Gasteiger partial charge in [0.1, 0.15) is 5.82 Å². The lowest BCUT2D eigenvalue weighted by atomic mass is 10.1. The summed E-state index contributed by atoms with van der Waals surface area (Å²) in [5.74, 6) is 3.00. The average molecular weight is 487 g/mol. The summed E-state index contributed by atoms with van der Waals surface area (Å²) in [6.07, 6.45) is 6.71. The van der Waals surface area contributed by atoms with Crippen LogP contribution in [0.4, 0.5) is 0 Å². The number of nitrogens with two attached hydrogens (primary N) is 1. The summed E-state index contributed by atoms with van der Waals surface area (Å²) in [5.41, 5.74) is 7.07. The number of halogens is 1. The molecule has 0 bridgehead atoms. The highest BCUT2D eigenvalue weighted by Gasteiger charge is 2.04. The minimum Gasteiger partial charge on any atom is -0.493 e. The minimum absolute atomic E-state index is 0.